The van der Waals surface area contributed by atoms with Crippen molar-refractivity contribution >= 4 is 34.9 Å². The number of ether oxygens (including phenoxy) is 1. The molecule has 0 atom stereocenters. The van der Waals surface area contributed by atoms with Gasteiger partial charge in [0.2, 0.25) is 5.91 Å². The molecule has 1 heterocycles. The van der Waals surface area contributed by atoms with Gasteiger partial charge in [-0.15, -0.1) is 11.3 Å². The van der Waals surface area contributed by atoms with Crippen LogP contribution in [0, 0.1) is 5.92 Å². The number of carbonyl (C=O) groups excluding carboxylic acids is 2. The molecule has 144 valence electrons. The van der Waals surface area contributed by atoms with Gasteiger partial charge >= 0.3 is 11.9 Å². The van der Waals surface area contributed by atoms with E-state index in [1.54, 1.807) is 6.07 Å². The molecule has 1 aliphatic rings. The third-order valence-corrected chi connectivity index (χ3v) is 6.16. The minimum atomic E-state index is -1.10. The van der Waals surface area contributed by atoms with Crippen molar-refractivity contribution in [3.8, 4) is 0 Å². The highest BCUT2D eigenvalue weighted by Crippen LogP contribution is 2.39. The van der Waals surface area contributed by atoms with E-state index in [0.717, 1.165) is 37.0 Å². The highest BCUT2D eigenvalue weighted by Gasteiger charge is 2.33. The molecule has 0 saturated heterocycles. The topological polar surface area (TPSA) is 83.9 Å². The van der Waals surface area contributed by atoms with Gasteiger partial charge < -0.3 is 9.84 Å². The quantitative estimate of drug-likeness (QED) is 0.784. The van der Waals surface area contributed by atoms with Gasteiger partial charge in [0.1, 0.15) is 11.4 Å². The molecule has 1 aromatic rings. The first-order chi connectivity index (χ1) is 12.1. The molecule has 0 bridgehead atoms. The number of carbonyl (C=O) groups is 3. The summed E-state index contributed by atoms with van der Waals surface area (Å²) in [6, 6.07) is 1.76. The Hall–Kier alpha value is -1.89. The third-order valence-electron chi connectivity index (χ3n) is 4.63. The normalized spacial score (nSPS) is 15.5. The predicted octanol–water partition coefficient (Wildman–Crippen LogP) is 3.83. The van der Waals surface area contributed by atoms with Crippen molar-refractivity contribution < 1.29 is 24.2 Å². The van der Waals surface area contributed by atoms with Crippen molar-refractivity contribution in [3.05, 3.63) is 15.8 Å². The van der Waals surface area contributed by atoms with Crippen LogP contribution >= 0.6 is 11.3 Å². The number of carboxylic acids is 1. The number of anilines is 1. The van der Waals surface area contributed by atoms with Crippen LogP contribution < -0.4 is 4.90 Å². The molecule has 0 aliphatic heterocycles. The van der Waals surface area contributed by atoms with E-state index in [1.807, 2.05) is 20.8 Å². The zero-order valence-corrected chi connectivity index (χ0v) is 16.6. The second-order valence-electron chi connectivity index (χ2n) is 7.72. The number of hydrogen-bond donors (Lipinski definition) is 1. The van der Waals surface area contributed by atoms with E-state index >= 15 is 0 Å². The Balaban J connectivity index is 2.48. The molecular weight excluding hydrogens is 354 g/mol. The Morgan fingerprint density at radius 3 is 2.35 bits per heavy atom. The van der Waals surface area contributed by atoms with Crippen molar-refractivity contribution in [1.82, 2.24) is 0 Å². The minimum Gasteiger partial charge on any atom is -0.480 e. The maximum atomic E-state index is 13.1. The van der Waals surface area contributed by atoms with E-state index in [1.165, 1.54) is 23.3 Å². The summed E-state index contributed by atoms with van der Waals surface area (Å²) in [4.78, 5) is 39.2. The van der Waals surface area contributed by atoms with Crippen LogP contribution in [0.15, 0.2) is 6.07 Å². The predicted molar refractivity (Wildman–Crippen MR) is 101 cm³/mol. The second kappa shape index (κ2) is 8.20. The number of methoxy groups -OCH3 is 1. The van der Waals surface area contributed by atoms with Crippen LogP contribution in [0.25, 0.3) is 0 Å². The third kappa shape index (κ3) is 4.63. The Morgan fingerprint density at radius 2 is 1.85 bits per heavy atom. The van der Waals surface area contributed by atoms with Gasteiger partial charge in [-0.05, 0) is 24.3 Å². The van der Waals surface area contributed by atoms with Crippen LogP contribution in [0.2, 0.25) is 0 Å². The first-order valence-electron chi connectivity index (χ1n) is 8.91. The number of amides is 1. The first kappa shape index (κ1) is 20.4. The van der Waals surface area contributed by atoms with Gasteiger partial charge in [-0.1, -0.05) is 40.0 Å². The second-order valence-corrected chi connectivity index (χ2v) is 8.77. The SMILES string of the molecule is COC(=O)c1sc(C(C)(C)C)cc1N(CC(=O)O)C(=O)C1CCCCC1. The van der Waals surface area contributed by atoms with Crippen LogP contribution in [0.4, 0.5) is 5.69 Å². The fraction of sp³-hybridized carbons (Fsp3) is 0.632. The summed E-state index contributed by atoms with van der Waals surface area (Å²) >= 11 is 1.26. The molecule has 0 unspecified atom stereocenters. The van der Waals surface area contributed by atoms with Crippen LogP contribution in [-0.4, -0.2) is 36.6 Å². The van der Waals surface area contributed by atoms with Crippen molar-refractivity contribution in [3.63, 3.8) is 0 Å². The molecule has 2 rings (SSSR count). The monoisotopic (exact) mass is 381 g/mol. The molecule has 1 amide bonds. The van der Waals surface area contributed by atoms with Gasteiger partial charge in [-0.3, -0.25) is 14.5 Å². The van der Waals surface area contributed by atoms with Crippen LogP contribution in [-0.2, 0) is 19.7 Å². The number of esters is 1. The van der Waals surface area contributed by atoms with E-state index in [0.29, 0.717) is 5.69 Å². The van der Waals surface area contributed by atoms with E-state index in [9.17, 15) is 19.5 Å². The Morgan fingerprint density at radius 1 is 1.23 bits per heavy atom. The van der Waals surface area contributed by atoms with E-state index in [2.05, 4.69) is 0 Å². The lowest BCUT2D eigenvalue weighted by atomic mass is 9.88. The summed E-state index contributed by atoms with van der Waals surface area (Å²) in [5.41, 5.74) is 0.124. The molecule has 1 N–H and O–H groups in total. The van der Waals surface area contributed by atoms with Gasteiger partial charge in [0.15, 0.2) is 0 Å². The van der Waals surface area contributed by atoms with E-state index < -0.39 is 18.5 Å². The average Bonchev–Trinajstić information content (AvgIpc) is 3.04. The summed E-state index contributed by atoms with van der Waals surface area (Å²) in [5, 5.41) is 9.34. The van der Waals surface area contributed by atoms with Gasteiger partial charge in [0.05, 0.1) is 12.8 Å². The standard InChI is InChI=1S/C19H27NO5S/c1-19(2,3)14-10-13(16(26-14)18(24)25-4)20(11-15(21)22)17(23)12-8-6-5-7-9-12/h10,12H,5-9,11H2,1-4H3,(H,21,22). The maximum Gasteiger partial charge on any atom is 0.350 e. The average molecular weight is 381 g/mol. The van der Waals surface area contributed by atoms with Crippen LogP contribution in [0.1, 0.15) is 67.4 Å². The summed E-state index contributed by atoms with van der Waals surface area (Å²) in [5.74, 6) is -2.05. The zero-order chi connectivity index (χ0) is 19.5. The zero-order valence-electron chi connectivity index (χ0n) is 15.8. The number of rotatable bonds is 5. The number of hydrogen-bond acceptors (Lipinski definition) is 5. The Labute approximate surface area is 158 Å². The molecule has 7 heteroatoms. The fourth-order valence-corrected chi connectivity index (χ4v) is 4.31. The molecule has 0 aromatic carbocycles. The van der Waals surface area contributed by atoms with Gasteiger partial charge in [-0.25, -0.2) is 4.79 Å². The molecular formula is C19H27NO5S. The van der Waals surface area contributed by atoms with Crippen molar-refractivity contribution in [2.45, 2.75) is 58.3 Å². The highest BCUT2D eigenvalue weighted by molar-refractivity contribution is 7.14. The largest absolute Gasteiger partial charge is 0.480 e. The summed E-state index contributed by atoms with van der Waals surface area (Å²) < 4.78 is 4.87. The Bertz CT molecular complexity index is 683. The lowest BCUT2D eigenvalue weighted by Crippen LogP contribution is -2.41. The van der Waals surface area contributed by atoms with Crippen molar-refractivity contribution in [1.29, 1.82) is 0 Å². The van der Waals surface area contributed by atoms with Crippen LogP contribution in [0.3, 0.4) is 0 Å². The summed E-state index contributed by atoms with van der Waals surface area (Å²) in [6.07, 6.45) is 4.57. The fourth-order valence-electron chi connectivity index (χ4n) is 3.18. The van der Waals surface area contributed by atoms with Crippen molar-refractivity contribution in [2.24, 2.45) is 5.92 Å². The lowest BCUT2D eigenvalue weighted by molar-refractivity contribution is -0.137. The van der Waals surface area contributed by atoms with Crippen LogP contribution in [0.5, 0.6) is 0 Å². The number of carboxylic acid groups (broad SMARTS) is 1. The summed E-state index contributed by atoms with van der Waals surface area (Å²) in [7, 11) is 1.28. The molecule has 1 fully saturated rings. The molecule has 0 spiro atoms. The Kier molecular flexibility index (Phi) is 6.44. The smallest absolute Gasteiger partial charge is 0.350 e. The highest BCUT2D eigenvalue weighted by atomic mass is 32.1. The molecule has 0 radical (unpaired) electrons. The van der Waals surface area contributed by atoms with Gasteiger partial charge in [0, 0.05) is 10.8 Å². The lowest BCUT2D eigenvalue weighted by Gasteiger charge is -2.28. The van der Waals surface area contributed by atoms with Crippen molar-refractivity contribution in [2.75, 3.05) is 18.6 Å². The molecule has 26 heavy (non-hydrogen) atoms. The van der Waals surface area contributed by atoms with E-state index in [-0.39, 0.29) is 22.1 Å². The maximum absolute atomic E-state index is 13.1. The number of nitrogens with zero attached hydrogens (tertiary/aromatic N) is 1. The number of thiophene rings is 1. The van der Waals surface area contributed by atoms with Gasteiger partial charge in [0.25, 0.3) is 0 Å². The van der Waals surface area contributed by atoms with Gasteiger partial charge in [-0.2, -0.15) is 0 Å². The first-order valence-corrected chi connectivity index (χ1v) is 9.72. The number of aliphatic carboxylic acids is 1. The molecule has 1 aromatic heterocycles. The summed E-state index contributed by atoms with van der Waals surface area (Å²) in [6.45, 7) is 5.57. The minimum absolute atomic E-state index is 0.188. The molecule has 1 saturated carbocycles. The van der Waals surface area contributed by atoms with E-state index in [4.69, 9.17) is 4.74 Å². The molecule has 6 nitrogen and oxygen atoms in total. The molecule has 1 aliphatic carbocycles.